The lowest BCUT2D eigenvalue weighted by Gasteiger charge is -2.18. The van der Waals surface area contributed by atoms with Crippen LogP contribution in [0.2, 0.25) is 5.02 Å². The van der Waals surface area contributed by atoms with Gasteiger partial charge in [0.25, 0.3) is 5.91 Å². The van der Waals surface area contributed by atoms with E-state index in [2.05, 4.69) is 20.5 Å². The van der Waals surface area contributed by atoms with Crippen LogP contribution in [0.3, 0.4) is 0 Å². The van der Waals surface area contributed by atoms with E-state index in [1.165, 1.54) is 24.4 Å². The van der Waals surface area contributed by atoms with Crippen molar-refractivity contribution in [2.45, 2.75) is 32.2 Å². The summed E-state index contributed by atoms with van der Waals surface area (Å²) < 4.78 is 44.5. The largest absolute Gasteiger partial charge is 0.423 e. The topological polar surface area (TPSA) is 101 Å². The van der Waals surface area contributed by atoms with Crippen LogP contribution in [0.4, 0.5) is 13.2 Å². The van der Waals surface area contributed by atoms with Gasteiger partial charge in [-0.05, 0) is 42.8 Å². The second kappa shape index (κ2) is 8.41. The number of amides is 1. The average Bonchev–Trinajstić information content (AvgIpc) is 3.13. The zero-order valence-electron chi connectivity index (χ0n) is 15.7. The van der Waals surface area contributed by atoms with Gasteiger partial charge < -0.3 is 14.8 Å². The minimum Gasteiger partial charge on any atom is -0.423 e. The van der Waals surface area contributed by atoms with Gasteiger partial charge in [0.15, 0.2) is 6.10 Å². The summed E-state index contributed by atoms with van der Waals surface area (Å²) in [7, 11) is 0. The molecule has 1 amide bonds. The van der Waals surface area contributed by atoms with Crippen LogP contribution in [-0.4, -0.2) is 32.4 Å². The molecule has 0 aliphatic rings. The molecule has 2 heterocycles. The molecule has 30 heavy (non-hydrogen) atoms. The minimum absolute atomic E-state index is 0.106. The van der Waals surface area contributed by atoms with E-state index in [1.54, 1.807) is 13.8 Å². The second-order valence-electron chi connectivity index (χ2n) is 6.50. The normalized spacial score (nSPS) is 13.7. The minimum atomic E-state index is -4.91. The number of aromatic nitrogens is 3. The maximum atomic E-state index is 13.1. The number of halogens is 4. The summed E-state index contributed by atoms with van der Waals surface area (Å²) in [6.45, 7) is 3.17. The Morgan fingerprint density at radius 2 is 1.97 bits per heavy atom. The lowest BCUT2D eigenvalue weighted by atomic mass is 9.99. The lowest BCUT2D eigenvalue weighted by molar-refractivity contribution is -0.206. The van der Waals surface area contributed by atoms with Crippen LogP contribution in [0, 0.1) is 6.92 Å². The predicted octanol–water partition coefficient (Wildman–Crippen LogP) is 4.18. The van der Waals surface area contributed by atoms with E-state index in [1.807, 2.05) is 0 Å². The first-order valence-electron chi connectivity index (χ1n) is 8.67. The Kier molecular flexibility index (Phi) is 6.09. The quantitative estimate of drug-likeness (QED) is 0.617. The Balaban J connectivity index is 1.98. The van der Waals surface area contributed by atoms with E-state index in [0.717, 1.165) is 12.1 Å². The molecule has 2 aromatic heterocycles. The van der Waals surface area contributed by atoms with Gasteiger partial charge in [-0.1, -0.05) is 11.6 Å². The highest BCUT2D eigenvalue weighted by Gasteiger charge is 2.40. The summed E-state index contributed by atoms with van der Waals surface area (Å²) in [6, 6.07) is 5.77. The van der Waals surface area contributed by atoms with Crippen molar-refractivity contribution < 1.29 is 27.5 Å². The smallest absolute Gasteiger partial charge is 0.418 e. The zero-order valence-corrected chi connectivity index (χ0v) is 16.5. The van der Waals surface area contributed by atoms with Crippen molar-refractivity contribution in [1.29, 1.82) is 0 Å². The number of aliphatic hydroxyl groups excluding tert-OH is 1. The molecule has 0 bridgehead atoms. The number of nitrogens with zero attached hydrogens (tertiary/aromatic N) is 3. The molecule has 0 aliphatic heterocycles. The van der Waals surface area contributed by atoms with Gasteiger partial charge in [-0.2, -0.15) is 13.2 Å². The molecule has 3 aromatic rings. The van der Waals surface area contributed by atoms with Crippen LogP contribution in [0.5, 0.6) is 0 Å². The van der Waals surface area contributed by atoms with Gasteiger partial charge in [0.1, 0.15) is 6.04 Å². The second-order valence-corrected chi connectivity index (χ2v) is 6.94. The molecule has 3 rings (SSSR count). The third-order valence-electron chi connectivity index (χ3n) is 4.13. The number of rotatable bonds is 5. The monoisotopic (exact) mass is 440 g/mol. The van der Waals surface area contributed by atoms with Gasteiger partial charge in [-0.3, -0.25) is 9.78 Å². The van der Waals surface area contributed by atoms with Crippen molar-refractivity contribution in [3.63, 3.8) is 0 Å². The third kappa shape index (κ3) is 4.95. The fourth-order valence-electron chi connectivity index (χ4n) is 2.65. The van der Waals surface area contributed by atoms with Gasteiger partial charge in [0.2, 0.25) is 11.8 Å². The highest BCUT2D eigenvalue weighted by Crippen LogP contribution is 2.35. The highest BCUT2D eigenvalue weighted by molar-refractivity contribution is 6.30. The number of hydrogen-bond acceptors (Lipinski definition) is 6. The summed E-state index contributed by atoms with van der Waals surface area (Å²) in [6.07, 6.45) is -6.36. The molecule has 0 fully saturated rings. The van der Waals surface area contributed by atoms with Crippen LogP contribution in [0.25, 0.3) is 11.3 Å². The fraction of sp³-hybridized carbons (Fsp3) is 0.263. The maximum Gasteiger partial charge on any atom is 0.418 e. The van der Waals surface area contributed by atoms with Crippen LogP contribution >= 0.6 is 11.6 Å². The first kappa shape index (κ1) is 21.7. The Bertz CT molecular complexity index is 1050. The number of aliphatic hydroxyl groups is 1. The SMILES string of the molecule is Cc1nnc([C@@H](C)NC(=O)c2cc(-c3ccc(Cl)cn3)cc(C(O)C(F)(F)F)c2)o1. The number of nitrogens with one attached hydrogen (secondary N) is 1. The summed E-state index contributed by atoms with van der Waals surface area (Å²) >= 11 is 5.80. The molecule has 0 radical (unpaired) electrons. The van der Waals surface area contributed by atoms with Gasteiger partial charge in [-0.15, -0.1) is 10.2 Å². The Hall–Kier alpha value is -2.98. The molecular formula is C19H16ClF3N4O3. The first-order valence-corrected chi connectivity index (χ1v) is 9.05. The van der Waals surface area contributed by atoms with E-state index >= 15 is 0 Å². The van der Waals surface area contributed by atoms with Gasteiger partial charge >= 0.3 is 6.18 Å². The molecular weight excluding hydrogens is 425 g/mol. The third-order valence-corrected chi connectivity index (χ3v) is 4.35. The van der Waals surface area contributed by atoms with Crippen LogP contribution < -0.4 is 5.32 Å². The highest BCUT2D eigenvalue weighted by atomic mass is 35.5. The van der Waals surface area contributed by atoms with E-state index in [-0.39, 0.29) is 22.7 Å². The number of hydrogen-bond donors (Lipinski definition) is 2. The number of benzene rings is 1. The van der Waals surface area contributed by atoms with Gasteiger partial charge in [0.05, 0.1) is 10.7 Å². The van der Waals surface area contributed by atoms with Crippen molar-refractivity contribution in [3.05, 3.63) is 64.5 Å². The molecule has 1 unspecified atom stereocenters. The molecule has 158 valence electrons. The van der Waals surface area contributed by atoms with Crippen molar-refractivity contribution in [1.82, 2.24) is 20.5 Å². The van der Waals surface area contributed by atoms with Crippen LogP contribution in [-0.2, 0) is 0 Å². The first-order chi connectivity index (χ1) is 14.0. The predicted molar refractivity (Wildman–Crippen MR) is 101 cm³/mol. The van der Waals surface area contributed by atoms with Crippen molar-refractivity contribution >= 4 is 17.5 Å². The molecule has 2 atom stereocenters. The van der Waals surface area contributed by atoms with E-state index in [4.69, 9.17) is 16.0 Å². The summed E-state index contributed by atoms with van der Waals surface area (Å²) in [4.78, 5) is 16.8. The van der Waals surface area contributed by atoms with E-state index < -0.39 is 29.8 Å². The standard InChI is InChI=1S/C19H16ClF3N4O3/c1-9(18-27-26-10(2)30-18)25-17(29)13-6-11(15-4-3-14(20)8-24-15)5-12(7-13)16(28)19(21,22)23/h3-9,16,28H,1-2H3,(H,25,29)/t9-,16?/m1/s1. The lowest BCUT2D eigenvalue weighted by Crippen LogP contribution is -2.27. The van der Waals surface area contributed by atoms with Gasteiger partial charge in [-0.25, -0.2) is 0 Å². The molecule has 0 aliphatic carbocycles. The summed E-state index contributed by atoms with van der Waals surface area (Å²) in [5.74, 6) is -0.241. The Labute approximate surface area is 173 Å². The number of alkyl halides is 3. The molecule has 7 nitrogen and oxygen atoms in total. The van der Waals surface area contributed by atoms with Crippen molar-refractivity contribution in [3.8, 4) is 11.3 Å². The maximum absolute atomic E-state index is 13.1. The molecule has 0 saturated carbocycles. The number of carbonyl (C=O) groups is 1. The number of pyridine rings is 1. The number of aryl methyl sites for hydroxylation is 1. The van der Waals surface area contributed by atoms with Crippen molar-refractivity contribution in [2.24, 2.45) is 0 Å². The zero-order chi connectivity index (χ0) is 22.1. The van der Waals surface area contributed by atoms with E-state index in [9.17, 15) is 23.1 Å². The summed E-state index contributed by atoms with van der Waals surface area (Å²) in [5, 5.41) is 20.1. The average molecular weight is 441 g/mol. The molecule has 1 aromatic carbocycles. The van der Waals surface area contributed by atoms with Gasteiger partial charge in [0, 0.05) is 24.2 Å². The Morgan fingerprint density at radius 1 is 1.23 bits per heavy atom. The molecule has 0 spiro atoms. The van der Waals surface area contributed by atoms with Crippen LogP contribution in [0.1, 0.15) is 46.8 Å². The van der Waals surface area contributed by atoms with Crippen molar-refractivity contribution in [2.75, 3.05) is 0 Å². The Morgan fingerprint density at radius 3 is 2.53 bits per heavy atom. The number of carbonyl (C=O) groups excluding carboxylic acids is 1. The van der Waals surface area contributed by atoms with E-state index in [0.29, 0.717) is 10.9 Å². The fourth-order valence-corrected chi connectivity index (χ4v) is 2.76. The summed E-state index contributed by atoms with van der Waals surface area (Å²) in [5.41, 5.74) is -0.113. The molecule has 0 saturated heterocycles. The molecule has 11 heteroatoms. The molecule has 2 N–H and O–H groups in total. The van der Waals surface area contributed by atoms with Crippen LogP contribution in [0.15, 0.2) is 40.9 Å².